The van der Waals surface area contributed by atoms with E-state index in [1.165, 1.54) is 37.2 Å². The van der Waals surface area contributed by atoms with Gasteiger partial charge in [-0.05, 0) is 19.3 Å². The second-order valence-electron chi connectivity index (χ2n) is 4.93. The molecule has 1 unspecified atom stereocenters. The van der Waals surface area contributed by atoms with Crippen LogP contribution in [0.3, 0.4) is 0 Å². The minimum atomic E-state index is 0.349. The molecular weight excluding hydrogens is 216 g/mol. The SMILES string of the molecule is c1c2c(cc3c1OCO3)N1CCCC1CCN2. The van der Waals surface area contributed by atoms with Gasteiger partial charge in [-0.3, -0.25) is 0 Å². The zero-order chi connectivity index (χ0) is 11.2. The molecule has 4 rings (SSSR count). The van der Waals surface area contributed by atoms with Crippen LogP contribution >= 0.6 is 0 Å². The summed E-state index contributed by atoms with van der Waals surface area (Å²) in [5.74, 6) is 1.76. The number of nitrogens with zero attached hydrogens (tertiary/aromatic N) is 1. The molecule has 1 N–H and O–H groups in total. The molecular formula is C13H16N2O2. The number of fused-ring (bicyclic) bond motifs is 4. The van der Waals surface area contributed by atoms with Crippen molar-refractivity contribution in [2.45, 2.75) is 25.3 Å². The van der Waals surface area contributed by atoms with Gasteiger partial charge in [-0.25, -0.2) is 0 Å². The van der Waals surface area contributed by atoms with E-state index in [9.17, 15) is 0 Å². The quantitative estimate of drug-likeness (QED) is 0.743. The standard InChI is InChI=1S/C13H16N2O2/c1-2-9-3-4-14-10-6-12-13(17-8-16-12)7-11(10)15(9)5-1/h6-7,9,14H,1-5,8H2. The van der Waals surface area contributed by atoms with Gasteiger partial charge >= 0.3 is 0 Å². The third-order valence-electron chi connectivity index (χ3n) is 3.97. The molecule has 4 heteroatoms. The Morgan fingerprint density at radius 1 is 1.18 bits per heavy atom. The van der Waals surface area contributed by atoms with Crippen molar-refractivity contribution in [2.75, 3.05) is 30.1 Å². The number of rotatable bonds is 0. The monoisotopic (exact) mass is 232 g/mol. The number of anilines is 2. The molecule has 1 aromatic rings. The van der Waals surface area contributed by atoms with Crippen molar-refractivity contribution in [1.82, 2.24) is 0 Å². The van der Waals surface area contributed by atoms with E-state index in [1.807, 2.05) is 0 Å². The third kappa shape index (κ3) is 1.36. The summed E-state index contributed by atoms with van der Waals surface area (Å²) >= 11 is 0. The Kier molecular flexibility index (Phi) is 1.92. The van der Waals surface area contributed by atoms with E-state index < -0.39 is 0 Å². The summed E-state index contributed by atoms with van der Waals surface area (Å²) in [5, 5.41) is 3.51. The molecule has 0 amide bonds. The molecule has 90 valence electrons. The maximum atomic E-state index is 5.48. The van der Waals surface area contributed by atoms with E-state index in [0.717, 1.165) is 18.0 Å². The van der Waals surface area contributed by atoms with E-state index in [2.05, 4.69) is 22.3 Å². The Hall–Kier alpha value is -1.58. The summed E-state index contributed by atoms with van der Waals surface area (Å²) in [6.07, 6.45) is 3.84. The van der Waals surface area contributed by atoms with Gasteiger partial charge < -0.3 is 19.7 Å². The van der Waals surface area contributed by atoms with E-state index in [1.54, 1.807) is 0 Å². The molecule has 3 heterocycles. The minimum absolute atomic E-state index is 0.349. The fourth-order valence-electron chi connectivity index (χ4n) is 3.14. The predicted octanol–water partition coefficient (Wildman–Crippen LogP) is 2.20. The van der Waals surface area contributed by atoms with Gasteiger partial charge in [-0.2, -0.15) is 0 Å². The molecule has 4 nitrogen and oxygen atoms in total. The van der Waals surface area contributed by atoms with Gasteiger partial charge in [-0.15, -0.1) is 0 Å². The first kappa shape index (κ1) is 9.45. The van der Waals surface area contributed by atoms with E-state index >= 15 is 0 Å². The van der Waals surface area contributed by atoms with Gasteiger partial charge in [0.15, 0.2) is 11.5 Å². The molecule has 1 saturated heterocycles. The van der Waals surface area contributed by atoms with E-state index in [0.29, 0.717) is 12.8 Å². The van der Waals surface area contributed by atoms with Gasteiger partial charge in [-0.1, -0.05) is 0 Å². The van der Waals surface area contributed by atoms with Crippen LogP contribution in [0.25, 0.3) is 0 Å². The van der Waals surface area contributed by atoms with Crippen molar-refractivity contribution < 1.29 is 9.47 Å². The Labute approximate surface area is 101 Å². The Balaban J connectivity index is 1.83. The molecule has 17 heavy (non-hydrogen) atoms. The molecule has 3 aliphatic rings. The summed E-state index contributed by atoms with van der Waals surface area (Å²) < 4.78 is 10.9. The molecule has 0 saturated carbocycles. The second kappa shape index (κ2) is 3.45. The summed E-state index contributed by atoms with van der Waals surface area (Å²) in [5.41, 5.74) is 2.48. The van der Waals surface area contributed by atoms with Crippen molar-refractivity contribution in [3.05, 3.63) is 12.1 Å². The van der Waals surface area contributed by atoms with Gasteiger partial charge in [0.1, 0.15) is 0 Å². The molecule has 1 atom stereocenters. The number of ether oxygens (including phenoxy) is 2. The van der Waals surface area contributed by atoms with Crippen LogP contribution < -0.4 is 19.7 Å². The molecule has 1 aromatic carbocycles. The first-order valence-corrected chi connectivity index (χ1v) is 6.36. The van der Waals surface area contributed by atoms with Crippen molar-refractivity contribution in [1.29, 1.82) is 0 Å². The highest BCUT2D eigenvalue weighted by molar-refractivity contribution is 5.76. The van der Waals surface area contributed by atoms with E-state index in [4.69, 9.17) is 9.47 Å². The average Bonchev–Trinajstić information content (AvgIpc) is 2.93. The second-order valence-corrected chi connectivity index (χ2v) is 4.93. The Bertz CT molecular complexity index is 461. The average molecular weight is 232 g/mol. The lowest BCUT2D eigenvalue weighted by atomic mass is 10.1. The van der Waals surface area contributed by atoms with Crippen LogP contribution in [0, 0.1) is 0 Å². The van der Waals surface area contributed by atoms with E-state index in [-0.39, 0.29) is 0 Å². The maximum Gasteiger partial charge on any atom is 0.231 e. The predicted molar refractivity (Wildman–Crippen MR) is 66.0 cm³/mol. The molecule has 1 fully saturated rings. The van der Waals surface area contributed by atoms with Crippen molar-refractivity contribution in [3.8, 4) is 11.5 Å². The normalized spacial score (nSPS) is 24.9. The zero-order valence-corrected chi connectivity index (χ0v) is 9.74. The van der Waals surface area contributed by atoms with Crippen LogP contribution in [-0.4, -0.2) is 25.9 Å². The zero-order valence-electron chi connectivity index (χ0n) is 9.74. The van der Waals surface area contributed by atoms with Crippen LogP contribution in [0.2, 0.25) is 0 Å². The minimum Gasteiger partial charge on any atom is -0.454 e. The summed E-state index contributed by atoms with van der Waals surface area (Å²) in [7, 11) is 0. The van der Waals surface area contributed by atoms with Gasteiger partial charge in [0.2, 0.25) is 6.79 Å². The lowest BCUT2D eigenvalue weighted by Gasteiger charge is -2.25. The third-order valence-corrected chi connectivity index (χ3v) is 3.97. The smallest absolute Gasteiger partial charge is 0.231 e. The topological polar surface area (TPSA) is 33.7 Å². The first-order valence-electron chi connectivity index (χ1n) is 6.36. The summed E-state index contributed by atoms with van der Waals surface area (Å²) in [6.45, 7) is 2.56. The summed E-state index contributed by atoms with van der Waals surface area (Å²) in [4.78, 5) is 2.53. The molecule has 0 radical (unpaired) electrons. The van der Waals surface area contributed by atoms with Crippen molar-refractivity contribution in [2.24, 2.45) is 0 Å². The lowest BCUT2D eigenvalue weighted by molar-refractivity contribution is 0.174. The number of benzene rings is 1. The van der Waals surface area contributed by atoms with Gasteiger partial charge in [0, 0.05) is 31.3 Å². The number of hydrogen-bond acceptors (Lipinski definition) is 4. The van der Waals surface area contributed by atoms with Crippen LogP contribution in [0.4, 0.5) is 11.4 Å². The fourth-order valence-corrected chi connectivity index (χ4v) is 3.14. The molecule has 0 aliphatic carbocycles. The highest BCUT2D eigenvalue weighted by atomic mass is 16.7. The molecule has 0 spiro atoms. The highest BCUT2D eigenvalue weighted by Crippen LogP contribution is 2.44. The first-order chi connectivity index (χ1) is 8.42. The highest BCUT2D eigenvalue weighted by Gasteiger charge is 2.30. The van der Waals surface area contributed by atoms with Gasteiger partial charge in [0.25, 0.3) is 0 Å². The number of hydrogen-bond donors (Lipinski definition) is 1. The number of nitrogens with one attached hydrogen (secondary N) is 1. The fraction of sp³-hybridized carbons (Fsp3) is 0.538. The van der Waals surface area contributed by atoms with Gasteiger partial charge in [0.05, 0.1) is 11.4 Å². The summed E-state index contributed by atoms with van der Waals surface area (Å²) in [6, 6.07) is 4.91. The van der Waals surface area contributed by atoms with Crippen LogP contribution in [0.1, 0.15) is 19.3 Å². The van der Waals surface area contributed by atoms with Crippen LogP contribution in [0.5, 0.6) is 11.5 Å². The Morgan fingerprint density at radius 2 is 2.06 bits per heavy atom. The Morgan fingerprint density at radius 3 is 3.00 bits per heavy atom. The molecule has 3 aliphatic heterocycles. The largest absolute Gasteiger partial charge is 0.454 e. The van der Waals surface area contributed by atoms with Crippen molar-refractivity contribution >= 4 is 11.4 Å². The van der Waals surface area contributed by atoms with Crippen molar-refractivity contribution in [3.63, 3.8) is 0 Å². The molecule has 0 aromatic heterocycles. The van der Waals surface area contributed by atoms with Crippen LogP contribution in [0.15, 0.2) is 12.1 Å². The lowest BCUT2D eigenvalue weighted by Crippen LogP contribution is -2.28. The molecule has 0 bridgehead atoms. The van der Waals surface area contributed by atoms with Crippen LogP contribution in [-0.2, 0) is 0 Å². The maximum absolute atomic E-state index is 5.48.